The van der Waals surface area contributed by atoms with Crippen LogP contribution in [-0.4, -0.2) is 10.7 Å². The van der Waals surface area contributed by atoms with E-state index in [9.17, 15) is 14.9 Å². The Balaban J connectivity index is 2.05. The van der Waals surface area contributed by atoms with Crippen LogP contribution in [0.15, 0.2) is 60.8 Å². The molecule has 0 saturated heterocycles. The summed E-state index contributed by atoms with van der Waals surface area (Å²) in [5.74, 6) is 0.0140. The van der Waals surface area contributed by atoms with E-state index in [2.05, 4.69) is 0 Å². The Kier molecular flexibility index (Phi) is 4.33. The lowest BCUT2D eigenvalue weighted by Gasteiger charge is -2.05. The number of aryl methyl sites for hydroxylation is 1. The van der Waals surface area contributed by atoms with Crippen molar-refractivity contribution in [3.05, 3.63) is 82.2 Å². The average Bonchev–Trinajstić information content (AvgIpc) is 2.61. The molecule has 5 heteroatoms. The van der Waals surface area contributed by atoms with Crippen LogP contribution in [0.5, 0.6) is 0 Å². The summed E-state index contributed by atoms with van der Waals surface area (Å²) in [7, 11) is 0. The van der Waals surface area contributed by atoms with Gasteiger partial charge in [0.1, 0.15) is 0 Å². The Morgan fingerprint density at radius 2 is 1.88 bits per heavy atom. The highest BCUT2D eigenvalue weighted by Crippen LogP contribution is 2.25. The van der Waals surface area contributed by atoms with Gasteiger partial charge < -0.3 is 0 Å². The number of hydrogen-bond donors (Lipinski definition) is 0. The van der Waals surface area contributed by atoms with Crippen LogP contribution in [0.4, 0.5) is 5.69 Å². The Morgan fingerprint density at radius 1 is 1.12 bits per heavy atom. The summed E-state index contributed by atoms with van der Waals surface area (Å²) in [6.45, 7) is 2.19. The van der Waals surface area contributed by atoms with E-state index < -0.39 is 0 Å². The van der Waals surface area contributed by atoms with Crippen LogP contribution in [0.25, 0.3) is 10.8 Å². The number of hydrogen-bond acceptors (Lipinski definition) is 3. The normalized spacial score (nSPS) is 10.7. The average molecular weight is 321 g/mol. The molecule has 0 bridgehead atoms. The van der Waals surface area contributed by atoms with E-state index in [-0.39, 0.29) is 22.9 Å². The third-order valence-electron chi connectivity index (χ3n) is 4.06. The Morgan fingerprint density at radius 3 is 2.54 bits per heavy atom. The highest BCUT2D eigenvalue weighted by atomic mass is 16.6. The zero-order chi connectivity index (χ0) is 17.1. The van der Waals surface area contributed by atoms with Crippen LogP contribution in [0.2, 0.25) is 0 Å². The van der Waals surface area contributed by atoms with E-state index in [1.165, 1.54) is 6.07 Å². The summed E-state index contributed by atoms with van der Waals surface area (Å²) in [6.07, 6.45) is 2.51. The molecule has 0 unspecified atom stereocenters. The molecule has 0 aliphatic heterocycles. The number of pyridine rings is 1. The van der Waals surface area contributed by atoms with E-state index in [1.807, 2.05) is 48.0 Å². The van der Waals surface area contributed by atoms with Crippen LogP contribution in [0.3, 0.4) is 0 Å². The SMILES string of the molecule is CCc1cc2c([N+](=O)[O-])cccc2c[n+]1CC(=O)c1ccccc1. The van der Waals surface area contributed by atoms with Crippen molar-refractivity contribution in [3.8, 4) is 0 Å². The van der Waals surface area contributed by atoms with Gasteiger partial charge in [-0.25, -0.2) is 0 Å². The second kappa shape index (κ2) is 6.58. The fourth-order valence-electron chi connectivity index (χ4n) is 2.82. The molecule has 0 radical (unpaired) electrons. The molecule has 5 nitrogen and oxygen atoms in total. The molecule has 0 atom stereocenters. The number of nitrogens with zero attached hydrogens (tertiary/aromatic N) is 2. The maximum absolute atomic E-state index is 12.5. The summed E-state index contributed by atoms with van der Waals surface area (Å²) < 4.78 is 1.88. The molecule has 1 aromatic heterocycles. The molecule has 0 saturated carbocycles. The molecule has 0 amide bonds. The fraction of sp³-hybridized carbons (Fsp3) is 0.158. The molecule has 0 aliphatic carbocycles. The van der Waals surface area contributed by atoms with Crippen molar-refractivity contribution in [2.45, 2.75) is 19.9 Å². The minimum atomic E-state index is -0.374. The third kappa shape index (κ3) is 3.01. The molecule has 0 spiro atoms. The monoisotopic (exact) mass is 321 g/mol. The van der Waals surface area contributed by atoms with Crippen molar-refractivity contribution < 1.29 is 14.3 Å². The van der Waals surface area contributed by atoms with Crippen LogP contribution < -0.4 is 4.57 Å². The van der Waals surface area contributed by atoms with Gasteiger partial charge in [0, 0.05) is 24.1 Å². The minimum absolute atomic E-state index is 0.0140. The molecular weight excluding hydrogens is 304 g/mol. The number of ketones is 1. The van der Waals surface area contributed by atoms with Crippen molar-refractivity contribution in [1.82, 2.24) is 0 Å². The largest absolute Gasteiger partial charge is 0.287 e. The maximum Gasteiger partial charge on any atom is 0.277 e. The molecule has 0 fully saturated rings. The van der Waals surface area contributed by atoms with Crippen LogP contribution >= 0.6 is 0 Å². The first-order valence-corrected chi connectivity index (χ1v) is 7.78. The number of nitro benzene ring substituents is 1. The summed E-state index contributed by atoms with van der Waals surface area (Å²) in [5.41, 5.74) is 1.64. The number of carbonyl (C=O) groups excluding carboxylic acids is 1. The highest BCUT2D eigenvalue weighted by Gasteiger charge is 2.20. The number of benzene rings is 2. The van der Waals surface area contributed by atoms with Crippen LogP contribution in [0, 0.1) is 10.1 Å². The Bertz CT molecular complexity index is 921. The molecular formula is C19H17N2O3+. The standard InChI is InChI=1S/C19H17N2O3/c1-2-16-11-17-15(9-6-10-18(17)21(23)24)12-20(16)13-19(22)14-7-4-3-5-8-14/h3-12H,2,13H2,1H3/q+1. The first-order chi connectivity index (χ1) is 11.6. The van der Waals surface area contributed by atoms with Gasteiger partial charge in [-0.05, 0) is 6.07 Å². The number of non-ortho nitro benzene ring substituents is 1. The maximum atomic E-state index is 12.5. The van der Waals surface area contributed by atoms with Gasteiger partial charge >= 0.3 is 0 Å². The lowest BCUT2D eigenvalue weighted by molar-refractivity contribution is -0.689. The highest BCUT2D eigenvalue weighted by molar-refractivity contribution is 5.95. The Labute approximate surface area is 139 Å². The lowest BCUT2D eigenvalue weighted by atomic mass is 10.1. The van der Waals surface area contributed by atoms with Crippen LogP contribution in [0.1, 0.15) is 23.0 Å². The van der Waals surface area contributed by atoms with Gasteiger partial charge in [0.25, 0.3) is 5.69 Å². The topological polar surface area (TPSA) is 64.1 Å². The first-order valence-electron chi connectivity index (χ1n) is 7.78. The number of carbonyl (C=O) groups is 1. The second-order valence-electron chi connectivity index (χ2n) is 5.57. The van der Waals surface area contributed by atoms with Crippen molar-refractivity contribution >= 4 is 22.2 Å². The second-order valence-corrected chi connectivity index (χ2v) is 5.57. The van der Waals surface area contributed by atoms with E-state index in [4.69, 9.17) is 0 Å². The smallest absolute Gasteiger partial charge is 0.277 e. The number of fused-ring (bicyclic) bond motifs is 1. The Hall–Kier alpha value is -3.08. The molecule has 3 rings (SSSR count). The van der Waals surface area contributed by atoms with E-state index >= 15 is 0 Å². The van der Waals surface area contributed by atoms with Gasteiger partial charge in [0.2, 0.25) is 12.3 Å². The predicted octanol–water partition coefficient (Wildman–Crippen LogP) is 3.48. The zero-order valence-corrected chi connectivity index (χ0v) is 13.3. The zero-order valence-electron chi connectivity index (χ0n) is 13.3. The molecule has 0 aliphatic rings. The summed E-state index contributed by atoms with van der Waals surface area (Å²) >= 11 is 0. The third-order valence-corrected chi connectivity index (χ3v) is 4.06. The van der Waals surface area contributed by atoms with E-state index in [0.29, 0.717) is 17.4 Å². The van der Waals surface area contributed by atoms with E-state index in [0.717, 1.165) is 11.1 Å². The van der Waals surface area contributed by atoms with Crippen molar-refractivity contribution in [2.75, 3.05) is 0 Å². The number of Topliss-reactive ketones (excluding diaryl/α,β-unsaturated/α-hetero) is 1. The van der Waals surface area contributed by atoms with Gasteiger partial charge in [0.15, 0.2) is 11.9 Å². The molecule has 3 aromatic rings. The van der Waals surface area contributed by atoms with Crippen molar-refractivity contribution in [2.24, 2.45) is 0 Å². The van der Waals surface area contributed by atoms with Crippen molar-refractivity contribution in [3.63, 3.8) is 0 Å². The van der Waals surface area contributed by atoms with Gasteiger partial charge in [-0.2, -0.15) is 4.57 Å². The van der Waals surface area contributed by atoms with Crippen LogP contribution in [-0.2, 0) is 13.0 Å². The molecule has 0 N–H and O–H groups in total. The molecule has 1 heterocycles. The quantitative estimate of drug-likeness (QED) is 0.313. The molecule has 24 heavy (non-hydrogen) atoms. The fourth-order valence-corrected chi connectivity index (χ4v) is 2.82. The minimum Gasteiger partial charge on any atom is -0.287 e. The summed E-state index contributed by atoms with van der Waals surface area (Å²) in [4.78, 5) is 23.3. The number of rotatable bonds is 5. The number of nitro groups is 1. The molecule has 2 aromatic carbocycles. The van der Waals surface area contributed by atoms with E-state index in [1.54, 1.807) is 18.2 Å². The van der Waals surface area contributed by atoms with Gasteiger partial charge in [-0.1, -0.05) is 43.3 Å². The van der Waals surface area contributed by atoms with Gasteiger partial charge in [0.05, 0.1) is 15.7 Å². The summed E-state index contributed by atoms with van der Waals surface area (Å²) in [6, 6.07) is 15.9. The predicted molar refractivity (Wildman–Crippen MR) is 90.9 cm³/mol. The first kappa shape index (κ1) is 15.8. The summed E-state index contributed by atoms with van der Waals surface area (Å²) in [5, 5.41) is 12.6. The number of aromatic nitrogens is 1. The lowest BCUT2D eigenvalue weighted by Crippen LogP contribution is -2.41. The van der Waals surface area contributed by atoms with Crippen molar-refractivity contribution in [1.29, 1.82) is 0 Å². The van der Waals surface area contributed by atoms with Gasteiger partial charge in [-0.3, -0.25) is 14.9 Å². The molecule has 120 valence electrons. The van der Waals surface area contributed by atoms with Gasteiger partial charge in [-0.15, -0.1) is 0 Å².